The maximum atomic E-state index is 12.2. The van der Waals surface area contributed by atoms with Gasteiger partial charge in [-0.15, -0.1) is 0 Å². The maximum Gasteiger partial charge on any atom is 0.256 e. The molecule has 2 aromatic rings. The fraction of sp³-hybridized carbons (Fsp3) is 0.133. The van der Waals surface area contributed by atoms with Gasteiger partial charge in [0.05, 0.1) is 11.4 Å². The molecule has 0 radical (unpaired) electrons. The van der Waals surface area contributed by atoms with E-state index in [1.165, 1.54) is 0 Å². The monoisotopic (exact) mass is 318 g/mol. The lowest BCUT2D eigenvalue weighted by Crippen LogP contribution is -2.14. The summed E-state index contributed by atoms with van der Waals surface area (Å²) in [5.74, 6) is -0.158. The van der Waals surface area contributed by atoms with Gasteiger partial charge in [0.25, 0.3) is 5.91 Å². The van der Waals surface area contributed by atoms with E-state index in [0.717, 1.165) is 15.6 Å². The van der Waals surface area contributed by atoms with Gasteiger partial charge in [0.15, 0.2) is 0 Å². The molecule has 2 rings (SSSR count). The Balaban J connectivity index is 2.28. The van der Waals surface area contributed by atoms with Gasteiger partial charge in [-0.05, 0) is 49.2 Å². The van der Waals surface area contributed by atoms with Crippen molar-refractivity contribution in [2.45, 2.75) is 13.8 Å². The van der Waals surface area contributed by atoms with E-state index in [2.05, 4.69) is 21.2 Å². The highest BCUT2D eigenvalue weighted by molar-refractivity contribution is 9.10. The van der Waals surface area contributed by atoms with E-state index in [9.17, 15) is 4.79 Å². The predicted octanol–water partition coefficient (Wildman–Crippen LogP) is 3.90. The van der Waals surface area contributed by atoms with Gasteiger partial charge in [-0.1, -0.05) is 28.1 Å². The maximum absolute atomic E-state index is 12.2. The highest BCUT2D eigenvalue weighted by Crippen LogP contribution is 2.22. The summed E-state index contributed by atoms with van der Waals surface area (Å²) in [6.07, 6.45) is 0. The number of hydrogen-bond acceptors (Lipinski definition) is 2. The van der Waals surface area contributed by atoms with Crippen molar-refractivity contribution >= 4 is 33.2 Å². The number of carbonyl (C=O) groups is 1. The van der Waals surface area contributed by atoms with Crippen LogP contribution in [0.4, 0.5) is 11.4 Å². The van der Waals surface area contributed by atoms with Gasteiger partial charge < -0.3 is 11.1 Å². The van der Waals surface area contributed by atoms with E-state index >= 15 is 0 Å². The molecule has 0 aromatic heterocycles. The normalized spacial score (nSPS) is 10.3. The number of benzene rings is 2. The first kappa shape index (κ1) is 13.6. The molecule has 98 valence electrons. The number of halogens is 1. The van der Waals surface area contributed by atoms with Crippen molar-refractivity contribution in [3.63, 3.8) is 0 Å². The van der Waals surface area contributed by atoms with Gasteiger partial charge in [0.2, 0.25) is 0 Å². The van der Waals surface area contributed by atoms with E-state index in [1.807, 2.05) is 44.2 Å². The Kier molecular flexibility index (Phi) is 3.90. The summed E-state index contributed by atoms with van der Waals surface area (Å²) in [5.41, 5.74) is 9.72. The molecule has 0 bridgehead atoms. The summed E-state index contributed by atoms with van der Waals surface area (Å²) in [6, 6.07) is 11.2. The lowest BCUT2D eigenvalue weighted by atomic mass is 10.1. The Hall–Kier alpha value is -1.81. The number of aryl methyl sites for hydroxylation is 2. The fourth-order valence-corrected chi connectivity index (χ4v) is 2.19. The number of rotatable bonds is 2. The highest BCUT2D eigenvalue weighted by Gasteiger charge is 2.11. The van der Waals surface area contributed by atoms with Crippen LogP contribution in [0.15, 0.2) is 40.9 Å². The molecule has 0 heterocycles. The zero-order chi connectivity index (χ0) is 14.0. The first-order valence-corrected chi connectivity index (χ1v) is 6.70. The van der Waals surface area contributed by atoms with E-state index in [0.29, 0.717) is 16.9 Å². The lowest BCUT2D eigenvalue weighted by Gasteiger charge is -2.10. The molecule has 3 N–H and O–H groups in total. The number of carbonyl (C=O) groups excluding carboxylic acids is 1. The Bertz CT molecular complexity index is 638. The fourth-order valence-electron chi connectivity index (χ4n) is 1.82. The van der Waals surface area contributed by atoms with Gasteiger partial charge in [-0.3, -0.25) is 4.79 Å². The number of nitrogen functional groups attached to an aromatic ring is 1. The second kappa shape index (κ2) is 5.45. The quantitative estimate of drug-likeness (QED) is 0.825. The van der Waals surface area contributed by atoms with Crippen molar-refractivity contribution in [2.24, 2.45) is 0 Å². The zero-order valence-corrected chi connectivity index (χ0v) is 12.4. The zero-order valence-electron chi connectivity index (χ0n) is 10.8. The molecule has 0 spiro atoms. The molecule has 1 amide bonds. The van der Waals surface area contributed by atoms with E-state index in [4.69, 9.17) is 5.73 Å². The number of nitrogens with one attached hydrogen (secondary N) is 1. The average molecular weight is 319 g/mol. The van der Waals surface area contributed by atoms with Crippen molar-refractivity contribution in [2.75, 3.05) is 11.1 Å². The Morgan fingerprint density at radius 2 is 1.89 bits per heavy atom. The van der Waals surface area contributed by atoms with Crippen LogP contribution in [0.2, 0.25) is 0 Å². The molecule has 19 heavy (non-hydrogen) atoms. The minimum atomic E-state index is -0.158. The van der Waals surface area contributed by atoms with Gasteiger partial charge in [0, 0.05) is 10.0 Å². The molecule has 2 aromatic carbocycles. The molecule has 0 atom stereocenters. The molecule has 0 aliphatic rings. The molecule has 3 nitrogen and oxygen atoms in total. The van der Waals surface area contributed by atoms with Crippen LogP contribution >= 0.6 is 15.9 Å². The molecule has 0 aliphatic heterocycles. The Morgan fingerprint density at radius 1 is 1.16 bits per heavy atom. The van der Waals surface area contributed by atoms with Gasteiger partial charge >= 0.3 is 0 Å². The van der Waals surface area contributed by atoms with Crippen LogP contribution in [-0.4, -0.2) is 5.91 Å². The molecular formula is C15H15BrN2O. The smallest absolute Gasteiger partial charge is 0.256 e. The van der Waals surface area contributed by atoms with Crippen LogP contribution in [0, 0.1) is 13.8 Å². The summed E-state index contributed by atoms with van der Waals surface area (Å²) < 4.78 is 0.875. The van der Waals surface area contributed by atoms with E-state index in [1.54, 1.807) is 6.07 Å². The van der Waals surface area contributed by atoms with E-state index in [-0.39, 0.29) is 5.91 Å². The topological polar surface area (TPSA) is 55.1 Å². The second-order valence-electron chi connectivity index (χ2n) is 4.50. The Labute approximate surface area is 121 Å². The lowest BCUT2D eigenvalue weighted by molar-refractivity contribution is 0.102. The number of hydrogen-bond donors (Lipinski definition) is 2. The summed E-state index contributed by atoms with van der Waals surface area (Å²) in [4.78, 5) is 12.2. The number of amides is 1. The largest absolute Gasteiger partial charge is 0.397 e. The third kappa shape index (κ3) is 3.15. The van der Waals surface area contributed by atoms with Gasteiger partial charge in [0.1, 0.15) is 0 Å². The summed E-state index contributed by atoms with van der Waals surface area (Å²) in [6.45, 7) is 3.86. The van der Waals surface area contributed by atoms with E-state index < -0.39 is 0 Å². The second-order valence-corrected chi connectivity index (χ2v) is 5.42. The SMILES string of the molecule is Cc1ccc(NC(=O)c2cc(Br)ccc2C)c(N)c1. The summed E-state index contributed by atoms with van der Waals surface area (Å²) in [7, 11) is 0. The van der Waals surface area contributed by atoms with Crippen molar-refractivity contribution in [3.8, 4) is 0 Å². The van der Waals surface area contributed by atoms with Crippen molar-refractivity contribution in [1.29, 1.82) is 0 Å². The minimum Gasteiger partial charge on any atom is -0.397 e. The number of nitrogens with two attached hydrogens (primary N) is 1. The molecule has 4 heteroatoms. The van der Waals surface area contributed by atoms with Crippen molar-refractivity contribution in [3.05, 3.63) is 57.6 Å². The highest BCUT2D eigenvalue weighted by atomic mass is 79.9. The van der Waals surface area contributed by atoms with Crippen LogP contribution in [0.1, 0.15) is 21.5 Å². The van der Waals surface area contributed by atoms with Crippen LogP contribution in [0.5, 0.6) is 0 Å². The van der Waals surface area contributed by atoms with Crippen LogP contribution in [0.3, 0.4) is 0 Å². The molecule has 0 saturated heterocycles. The predicted molar refractivity (Wildman–Crippen MR) is 82.4 cm³/mol. The van der Waals surface area contributed by atoms with Crippen molar-refractivity contribution in [1.82, 2.24) is 0 Å². The van der Waals surface area contributed by atoms with Crippen molar-refractivity contribution < 1.29 is 4.79 Å². The minimum absolute atomic E-state index is 0.158. The first-order chi connectivity index (χ1) is 8.97. The molecule has 0 aliphatic carbocycles. The summed E-state index contributed by atoms with van der Waals surface area (Å²) in [5, 5.41) is 2.84. The summed E-state index contributed by atoms with van der Waals surface area (Å²) >= 11 is 3.37. The molecule has 0 fully saturated rings. The molecular weight excluding hydrogens is 304 g/mol. The van der Waals surface area contributed by atoms with Gasteiger partial charge in [-0.2, -0.15) is 0 Å². The Morgan fingerprint density at radius 3 is 2.58 bits per heavy atom. The van der Waals surface area contributed by atoms with Crippen LogP contribution in [0.25, 0.3) is 0 Å². The third-order valence-corrected chi connectivity index (χ3v) is 3.39. The van der Waals surface area contributed by atoms with Gasteiger partial charge in [-0.25, -0.2) is 0 Å². The molecule has 0 unspecified atom stereocenters. The first-order valence-electron chi connectivity index (χ1n) is 5.91. The third-order valence-electron chi connectivity index (χ3n) is 2.90. The average Bonchev–Trinajstić information content (AvgIpc) is 2.35. The van der Waals surface area contributed by atoms with Crippen LogP contribution < -0.4 is 11.1 Å². The standard InChI is InChI=1S/C15H15BrN2O/c1-9-3-6-14(13(17)7-9)18-15(19)12-8-11(16)5-4-10(12)2/h3-8H,17H2,1-2H3,(H,18,19). The number of anilines is 2. The molecule has 0 saturated carbocycles. The van der Waals surface area contributed by atoms with Crippen LogP contribution in [-0.2, 0) is 0 Å².